The van der Waals surface area contributed by atoms with Gasteiger partial charge in [0.2, 0.25) is 0 Å². The highest BCUT2D eigenvalue weighted by atomic mass is 35.5. The first-order valence-electron chi connectivity index (χ1n) is 12.1. The topological polar surface area (TPSA) is 46.6 Å². The van der Waals surface area contributed by atoms with Gasteiger partial charge < -0.3 is 9.64 Å². The van der Waals surface area contributed by atoms with E-state index >= 15 is 0 Å². The number of ether oxygens (including phenoxy) is 1. The molecule has 4 rings (SSSR count). The van der Waals surface area contributed by atoms with Gasteiger partial charge in [0.25, 0.3) is 0 Å². The van der Waals surface area contributed by atoms with Gasteiger partial charge in [0.1, 0.15) is 5.75 Å². The number of nitrogens with zero attached hydrogens (tertiary/aromatic N) is 1. The minimum absolute atomic E-state index is 0.115. The predicted octanol–water partition coefficient (Wildman–Crippen LogP) is 6.83. The van der Waals surface area contributed by atoms with Crippen molar-refractivity contribution in [2.45, 2.75) is 79.1 Å². The van der Waals surface area contributed by atoms with Crippen LogP contribution in [0.3, 0.4) is 0 Å². The number of rotatable bonds is 5. The van der Waals surface area contributed by atoms with Gasteiger partial charge in [-0.3, -0.25) is 9.59 Å². The van der Waals surface area contributed by atoms with E-state index in [0.29, 0.717) is 24.5 Å². The molecule has 178 valence electrons. The number of allylic oxidation sites excluding steroid dienone is 4. The van der Waals surface area contributed by atoms with Crippen LogP contribution in [0.2, 0.25) is 5.02 Å². The van der Waals surface area contributed by atoms with Crippen molar-refractivity contribution in [2.75, 3.05) is 13.7 Å². The van der Waals surface area contributed by atoms with Gasteiger partial charge in [-0.15, -0.1) is 0 Å². The number of unbranched alkanes of at least 4 members (excludes halogenated alkanes) is 1. The molecule has 1 aromatic rings. The number of benzene rings is 1. The highest BCUT2D eigenvalue weighted by Gasteiger charge is 2.48. The Labute approximate surface area is 203 Å². The number of hydrogen-bond acceptors (Lipinski definition) is 4. The summed E-state index contributed by atoms with van der Waals surface area (Å²) in [4.78, 5) is 29.4. The van der Waals surface area contributed by atoms with Crippen LogP contribution in [0, 0.1) is 10.8 Å². The van der Waals surface area contributed by atoms with Gasteiger partial charge in [-0.2, -0.15) is 0 Å². The Morgan fingerprint density at radius 1 is 0.970 bits per heavy atom. The Morgan fingerprint density at radius 3 is 2.03 bits per heavy atom. The zero-order valence-corrected chi connectivity index (χ0v) is 21.6. The molecule has 0 aromatic heterocycles. The van der Waals surface area contributed by atoms with Crippen LogP contribution < -0.4 is 4.74 Å². The molecule has 0 fully saturated rings. The lowest BCUT2D eigenvalue weighted by atomic mass is 9.63. The van der Waals surface area contributed by atoms with Crippen molar-refractivity contribution in [3.8, 4) is 5.75 Å². The number of Topliss-reactive ketones (excluding diaryl/α,β-unsaturated/α-hetero) is 2. The van der Waals surface area contributed by atoms with Gasteiger partial charge in [0.05, 0.1) is 6.61 Å². The Bertz CT molecular complexity index is 1010. The molecule has 2 aliphatic carbocycles. The largest absolute Gasteiger partial charge is 0.493 e. The minimum Gasteiger partial charge on any atom is -0.493 e. The molecule has 5 heteroatoms. The second-order valence-electron chi connectivity index (χ2n) is 11.5. The highest BCUT2D eigenvalue weighted by Crippen LogP contribution is 2.55. The summed E-state index contributed by atoms with van der Waals surface area (Å²) < 4.78 is 6.18. The van der Waals surface area contributed by atoms with E-state index in [2.05, 4.69) is 39.5 Å². The second kappa shape index (κ2) is 8.61. The molecule has 1 aliphatic heterocycles. The quantitative estimate of drug-likeness (QED) is 0.443. The van der Waals surface area contributed by atoms with Gasteiger partial charge in [-0.1, -0.05) is 52.6 Å². The van der Waals surface area contributed by atoms with Crippen LogP contribution in [0.5, 0.6) is 5.75 Å². The lowest BCUT2D eigenvalue weighted by molar-refractivity contribution is -0.119. The Balaban J connectivity index is 1.95. The molecule has 0 radical (unpaired) electrons. The first-order chi connectivity index (χ1) is 15.4. The summed E-state index contributed by atoms with van der Waals surface area (Å²) in [5, 5.41) is 0.586. The maximum Gasteiger partial charge on any atom is 0.162 e. The molecule has 1 aromatic carbocycles. The summed E-state index contributed by atoms with van der Waals surface area (Å²) in [7, 11) is 2.03. The summed E-state index contributed by atoms with van der Waals surface area (Å²) in [5.74, 6) is 0.550. The average molecular weight is 470 g/mol. The third-order valence-electron chi connectivity index (χ3n) is 7.22. The Kier molecular flexibility index (Phi) is 6.28. The van der Waals surface area contributed by atoms with E-state index in [1.165, 1.54) is 0 Å². The summed E-state index contributed by atoms with van der Waals surface area (Å²) in [5.41, 5.74) is 4.21. The molecular formula is C28H36ClNO3. The number of carbonyl (C=O) groups excluding carboxylic acids is 2. The van der Waals surface area contributed by atoms with Crippen LogP contribution in [-0.4, -0.2) is 30.1 Å². The summed E-state index contributed by atoms with van der Waals surface area (Å²) >= 11 is 6.47. The van der Waals surface area contributed by atoms with E-state index < -0.39 is 5.92 Å². The Hall–Kier alpha value is -2.07. The molecule has 0 amide bonds. The summed E-state index contributed by atoms with van der Waals surface area (Å²) in [6, 6.07) is 5.61. The second-order valence-corrected chi connectivity index (χ2v) is 11.9. The van der Waals surface area contributed by atoms with Crippen LogP contribution in [0.4, 0.5) is 0 Å². The standard InChI is InChI=1S/C28H36ClNO3/c1-7-8-11-33-23-10-9-17(29)12-18(23)24-25-19(13-27(2,3)15-21(25)31)30(6)20-14-28(4,5)16-22(32)26(20)24/h9-10,12,24H,7-8,11,13-16H2,1-6H3. The number of hydrogen-bond donors (Lipinski definition) is 0. The fraction of sp³-hybridized carbons (Fsp3) is 0.571. The maximum absolute atomic E-state index is 13.6. The van der Waals surface area contributed by atoms with Gasteiger partial charge in [-0.05, 0) is 48.3 Å². The van der Waals surface area contributed by atoms with Crippen LogP contribution in [0.25, 0.3) is 0 Å². The van der Waals surface area contributed by atoms with E-state index in [4.69, 9.17) is 16.3 Å². The third-order valence-corrected chi connectivity index (χ3v) is 7.45. The number of ketones is 2. The molecular weight excluding hydrogens is 434 g/mol. The van der Waals surface area contributed by atoms with Crippen LogP contribution in [0.1, 0.15) is 84.6 Å². The number of halogens is 1. The molecule has 0 N–H and O–H groups in total. The van der Waals surface area contributed by atoms with Crippen LogP contribution in [-0.2, 0) is 9.59 Å². The fourth-order valence-electron chi connectivity index (χ4n) is 5.68. The van der Waals surface area contributed by atoms with Crippen molar-refractivity contribution in [1.29, 1.82) is 0 Å². The molecule has 3 aliphatic rings. The van der Waals surface area contributed by atoms with Gasteiger partial charge >= 0.3 is 0 Å². The van der Waals surface area contributed by atoms with E-state index in [-0.39, 0.29) is 22.4 Å². The van der Waals surface area contributed by atoms with E-state index in [1.807, 2.05) is 25.2 Å². The average Bonchev–Trinajstić information content (AvgIpc) is 2.69. The molecule has 0 saturated carbocycles. The lowest BCUT2D eigenvalue weighted by Crippen LogP contribution is -2.43. The molecule has 0 bridgehead atoms. The molecule has 33 heavy (non-hydrogen) atoms. The van der Waals surface area contributed by atoms with Crippen molar-refractivity contribution in [2.24, 2.45) is 10.8 Å². The molecule has 0 saturated heterocycles. The first kappa shape index (κ1) is 24.1. The zero-order valence-electron chi connectivity index (χ0n) is 20.8. The van der Waals surface area contributed by atoms with E-state index in [0.717, 1.165) is 59.5 Å². The summed E-state index contributed by atoms with van der Waals surface area (Å²) in [6.45, 7) is 11.3. The molecule has 0 atom stereocenters. The maximum atomic E-state index is 13.6. The zero-order chi connectivity index (χ0) is 24.1. The molecule has 0 unspecified atom stereocenters. The van der Waals surface area contributed by atoms with Crippen molar-refractivity contribution in [1.82, 2.24) is 4.90 Å². The van der Waals surface area contributed by atoms with Crippen LogP contribution in [0.15, 0.2) is 40.7 Å². The predicted molar refractivity (Wildman–Crippen MR) is 132 cm³/mol. The highest BCUT2D eigenvalue weighted by molar-refractivity contribution is 6.30. The number of carbonyl (C=O) groups is 2. The van der Waals surface area contributed by atoms with Crippen molar-refractivity contribution in [3.63, 3.8) is 0 Å². The van der Waals surface area contributed by atoms with Gasteiger partial charge in [-0.25, -0.2) is 0 Å². The van der Waals surface area contributed by atoms with E-state index in [1.54, 1.807) is 0 Å². The summed E-state index contributed by atoms with van der Waals surface area (Å²) in [6.07, 6.45) is 4.54. The normalized spacial score (nSPS) is 22.5. The minimum atomic E-state index is -0.422. The first-order valence-corrected chi connectivity index (χ1v) is 12.5. The molecule has 4 nitrogen and oxygen atoms in total. The van der Waals surface area contributed by atoms with Crippen molar-refractivity contribution < 1.29 is 14.3 Å². The lowest BCUT2D eigenvalue weighted by Gasteiger charge is -2.48. The molecule has 1 heterocycles. The van der Waals surface area contributed by atoms with Crippen LogP contribution >= 0.6 is 11.6 Å². The SMILES string of the molecule is CCCCOc1ccc(Cl)cc1C1C2=C(CC(C)(C)CC2=O)N(C)C2=C1C(=O)CC(C)(C)C2. The van der Waals surface area contributed by atoms with Gasteiger partial charge in [0.15, 0.2) is 11.6 Å². The fourth-order valence-corrected chi connectivity index (χ4v) is 5.86. The monoisotopic (exact) mass is 469 g/mol. The van der Waals surface area contributed by atoms with Crippen molar-refractivity contribution >= 4 is 23.2 Å². The Morgan fingerprint density at radius 2 is 1.52 bits per heavy atom. The third kappa shape index (κ3) is 4.51. The smallest absolute Gasteiger partial charge is 0.162 e. The molecule has 0 spiro atoms. The van der Waals surface area contributed by atoms with E-state index in [9.17, 15) is 9.59 Å². The van der Waals surface area contributed by atoms with Crippen molar-refractivity contribution in [3.05, 3.63) is 51.3 Å². The van der Waals surface area contributed by atoms with Gasteiger partial charge in [0, 0.05) is 58.9 Å².